The highest BCUT2D eigenvalue weighted by Gasteiger charge is 2.38. The fraction of sp³-hybridized carbons (Fsp3) is 0.429. The number of alkyl halides is 3. The largest absolute Gasteiger partial charge is 0.489 e. The summed E-state index contributed by atoms with van der Waals surface area (Å²) in [6.07, 6.45) is -4.35. The van der Waals surface area contributed by atoms with Crippen molar-refractivity contribution in [1.82, 2.24) is 19.7 Å². The summed E-state index contributed by atoms with van der Waals surface area (Å²) in [6.45, 7) is 1.15. The molecule has 1 aliphatic rings. The Labute approximate surface area is 152 Å². The van der Waals surface area contributed by atoms with Crippen molar-refractivity contribution >= 4 is 21.6 Å². The predicted molar refractivity (Wildman–Crippen MR) is 85.3 cm³/mol. The number of sulfonamides is 1. The maximum atomic E-state index is 13.0. The van der Waals surface area contributed by atoms with E-state index in [1.54, 1.807) is 0 Å². The number of hydrogen-bond acceptors (Lipinski definition) is 5. The summed E-state index contributed by atoms with van der Waals surface area (Å²) >= 11 is 6.06. The van der Waals surface area contributed by atoms with Crippen molar-refractivity contribution < 1.29 is 26.3 Å². The molecule has 1 atom stereocenters. The minimum Gasteiger partial charge on any atom is -0.489 e. The van der Waals surface area contributed by atoms with Gasteiger partial charge in [-0.3, -0.25) is 0 Å². The molecule has 0 saturated heterocycles. The molecule has 0 bridgehead atoms. The first kappa shape index (κ1) is 18.9. The summed E-state index contributed by atoms with van der Waals surface area (Å²) in [5.41, 5.74) is -1.01. The van der Waals surface area contributed by atoms with Gasteiger partial charge in [0.15, 0.2) is 5.69 Å². The molecule has 1 unspecified atom stereocenters. The number of hydrogen-bond donors (Lipinski definition) is 1. The van der Waals surface area contributed by atoms with Crippen molar-refractivity contribution in [3.05, 3.63) is 34.1 Å². The van der Waals surface area contributed by atoms with Crippen LogP contribution in [-0.4, -0.2) is 29.5 Å². The fourth-order valence-electron chi connectivity index (χ4n) is 2.73. The number of nitrogens with one attached hydrogen (secondary N) is 1. The molecule has 3 rings (SSSR count). The lowest BCUT2D eigenvalue weighted by Gasteiger charge is -2.11. The molecule has 0 fully saturated rings. The molecule has 0 aliphatic carbocycles. The molecule has 0 spiro atoms. The number of nitrogens with zero attached hydrogens (tertiary/aromatic N) is 3. The lowest BCUT2D eigenvalue weighted by molar-refractivity contribution is -0.144. The van der Waals surface area contributed by atoms with Crippen LogP contribution in [-0.2, 0) is 36.2 Å². The Morgan fingerprint density at radius 2 is 2.12 bits per heavy atom. The smallest absolute Gasteiger partial charge is 0.434 e. The lowest BCUT2D eigenvalue weighted by atomic mass is 10.1. The van der Waals surface area contributed by atoms with Gasteiger partial charge >= 0.3 is 6.18 Å². The Hall–Kier alpha value is -1.85. The van der Waals surface area contributed by atoms with E-state index >= 15 is 0 Å². The second-order valence-electron chi connectivity index (χ2n) is 5.86. The van der Waals surface area contributed by atoms with Crippen LogP contribution in [0.25, 0.3) is 0 Å². The number of benzene rings is 1. The van der Waals surface area contributed by atoms with E-state index in [-0.39, 0.29) is 16.0 Å². The maximum absolute atomic E-state index is 13.0. The monoisotopic (exact) mass is 410 g/mol. The highest BCUT2D eigenvalue weighted by atomic mass is 35.5. The minimum atomic E-state index is -4.70. The van der Waals surface area contributed by atoms with E-state index in [1.165, 1.54) is 12.1 Å². The third kappa shape index (κ3) is 3.51. The lowest BCUT2D eigenvalue weighted by Crippen LogP contribution is -2.25. The summed E-state index contributed by atoms with van der Waals surface area (Å²) in [5, 5.41) is 6.81. The van der Waals surface area contributed by atoms with E-state index in [0.717, 1.165) is 7.05 Å². The second-order valence-corrected chi connectivity index (χ2v) is 8.03. The summed E-state index contributed by atoms with van der Waals surface area (Å²) < 4.78 is 72.1. The Balaban J connectivity index is 1.86. The fourth-order valence-corrected chi connectivity index (χ4v) is 4.14. The Morgan fingerprint density at radius 3 is 2.77 bits per heavy atom. The Morgan fingerprint density at radius 1 is 1.42 bits per heavy atom. The van der Waals surface area contributed by atoms with Crippen LogP contribution in [0.1, 0.15) is 23.9 Å². The molecule has 12 heteroatoms. The van der Waals surface area contributed by atoms with Gasteiger partial charge in [0, 0.05) is 19.0 Å². The summed E-state index contributed by atoms with van der Waals surface area (Å²) in [6, 6.07) is 2.59. The molecule has 0 amide bonds. The average molecular weight is 411 g/mol. The minimum absolute atomic E-state index is 0.128. The average Bonchev–Trinajstić information content (AvgIpc) is 3.07. The van der Waals surface area contributed by atoms with E-state index < -0.39 is 34.1 Å². The molecule has 142 valence electrons. The molecule has 2 aromatic rings. The zero-order valence-electron chi connectivity index (χ0n) is 13.6. The molecule has 26 heavy (non-hydrogen) atoms. The van der Waals surface area contributed by atoms with Crippen LogP contribution in [0.4, 0.5) is 13.2 Å². The van der Waals surface area contributed by atoms with Gasteiger partial charge in [0.25, 0.3) is 0 Å². The Bertz CT molecular complexity index is 959. The molecule has 1 aliphatic heterocycles. The standard InChI is InChI=1S/C14H14ClF3N4O3S/c1-7-3-8-4-9(5-10(15)12(8)25-7)26(23,24)19-6-11-13(14(16,17)18)22(2)21-20-11/h4-5,7,19H,3,6H2,1-2H3. The van der Waals surface area contributed by atoms with Crippen LogP contribution in [0.3, 0.4) is 0 Å². The molecule has 7 nitrogen and oxygen atoms in total. The third-order valence-electron chi connectivity index (χ3n) is 3.83. The van der Waals surface area contributed by atoms with Gasteiger partial charge < -0.3 is 4.74 Å². The van der Waals surface area contributed by atoms with Crippen LogP contribution in [0, 0.1) is 0 Å². The van der Waals surface area contributed by atoms with E-state index in [2.05, 4.69) is 15.0 Å². The molecule has 1 aromatic carbocycles. The number of fused-ring (bicyclic) bond motifs is 1. The molecule has 0 radical (unpaired) electrons. The number of aromatic nitrogens is 3. The summed E-state index contributed by atoms with van der Waals surface area (Å²) in [5.74, 6) is 0.423. The zero-order chi connectivity index (χ0) is 19.3. The zero-order valence-corrected chi connectivity index (χ0v) is 15.2. The van der Waals surface area contributed by atoms with Gasteiger partial charge in [-0.1, -0.05) is 16.8 Å². The quantitative estimate of drug-likeness (QED) is 0.835. The molecule has 1 N–H and O–H groups in total. The van der Waals surface area contributed by atoms with E-state index in [4.69, 9.17) is 16.3 Å². The first-order valence-electron chi connectivity index (χ1n) is 7.43. The van der Waals surface area contributed by atoms with Gasteiger partial charge in [-0.15, -0.1) is 5.10 Å². The molecular weight excluding hydrogens is 397 g/mol. The number of rotatable bonds is 4. The van der Waals surface area contributed by atoms with Crippen LogP contribution in [0.15, 0.2) is 17.0 Å². The normalized spacial score (nSPS) is 17.2. The van der Waals surface area contributed by atoms with Gasteiger partial charge in [-0.2, -0.15) is 13.2 Å². The van der Waals surface area contributed by atoms with Crippen LogP contribution >= 0.6 is 11.6 Å². The SMILES string of the molecule is CC1Cc2cc(S(=O)(=O)NCc3nnn(C)c3C(F)(F)F)cc(Cl)c2O1. The molecular formula is C14H14ClF3N4O3S. The third-order valence-corrected chi connectivity index (χ3v) is 5.49. The second kappa shape index (κ2) is 6.39. The van der Waals surface area contributed by atoms with Crippen molar-refractivity contribution in [2.45, 2.75) is 37.1 Å². The molecule has 0 saturated carbocycles. The van der Waals surface area contributed by atoms with Crippen molar-refractivity contribution in [2.24, 2.45) is 7.05 Å². The van der Waals surface area contributed by atoms with Crippen LogP contribution in [0.5, 0.6) is 5.75 Å². The highest BCUT2D eigenvalue weighted by molar-refractivity contribution is 7.89. The van der Waals surface area contributed by atoms with Crippen molar-refractivity contribution in [2.75, 3.05) is 0 Å². The van der Waals surface area contributed by atoms with Crippen LogP contribution < -0.4 is 9.46 Å². The van der Waals surface area contributed by atoms with Crippen molar-refractivity contribution in [3.63, 3.8) is 0 Å². The topological polar surface area (TPSA) is 86.1 Å². The van der Waals surface area contributed by atoms with Gasteiger partial charge in [0.05, 0.1) is 16.5 Å². The van der Waals surface area contributed by atoms with Gasteiger partial charge in [0.1, 0.15) is 17.5 Å². The van der Waals surface area contributed by atoms with Crippen molar-refractivity contribution in [3.8, 4) is 5.75 Å². The Kier molecular flexibility index (Phi) is 4.65. The summed E-state index contributed by atoms with van der Waals surface area (Å²) in [4.78, 5) is -0.156. The predicted octanol–water partition coefficient (Wildman–Crippen LogP) is 2.29. The van der Waals surface area contributed by atoms with Gasteiger partial charge in [-0.05, 0) is 19.1 Å². The van der Waals surface area contributed by atoms with Crippen LogP contribution in [0.2, 0.25) is 5.02 Å². The van der Waals surface area contributed by atoms with Gasteiger partial charge in [-0.25, -0.2) is 17.8 Å². The highest BCUT2D eigenvalue weighted by Crippen LogP contribution is 2.38. The molecule has 1 aromatic heterocycles. The van der Waals surface area contributed by atoms with E-state index in [1.807, 2.05) is 6.92 Å². The number of halogens is 4. The maximum Gasteiger partial charge on any atom is 0.434 e. The number of ether oxygens (including phenoxy) is 1. The summed E-state index contributed by atoms with van der Waals surface area (Å²) in [7, 11) is -3.03. The molecule has 2 heterocycles. The first-order valence-corrected chi connectivity index (χ1v) is 9.29. The van der Waals surface area contributed by atoms with E-state index in [9.17, 15) is 21.6 Å². The van der Waals surface area contributed by atoms with E-state index in [0.29, 0.717) is 22.4 Å². The van der Waals surface area contributed by atoms with Crippen molar-refractivity contribution in [1.29, 1.82) is 0 Å². The number of aryl methyl sites for hydroxylation is 1. The first-order chi connectivity index (χ1) is 12.0. The van der Waals surface area contributed by atoms with Gasteiger partial charge in [0.2, 0.25) is 10.0 Å².